The van der Waals surface area contributed by atoms with Crippen LogP contribution in [0.25, 0.3) is 0 Å². The van der Waals surface area contributed by atoms with E-state index in [0.29, 0.717) is 6.54 Å². The monoisotopic (exact) mass is 365 g/mol. The van der Waals surface area contributed by atoms with E-state index in [-0.39, 0.29) is 23.9 Å². The van der Waals surface area contributed by atoms with Gasteiger partial charge in [-0.25, -0.2) is 0 Å². The SMILES string of the molecule is CC(=O)N1CC(=O)N(c2cccnc2)C[C@@]12CCN(Cc1cccnc1)C2. The highest BCUT2D eigenvalue weighted by Crippen LogP contribution is 2.34. The molecule has 2 aromatic heterocycles. The van der Waals surface area contributed by atoms with Crippen LogP contribution >= 0.6 is 0 Å². The first kappa shape index (κ1) is 17.6. The van der Waals surface area contributed by atoms with E-state index in [1.807, 2.05) is 24.4 Å². The van der Waals surface area contributed by atoms with Gasteiger partial charge in [0.15, 0.2) is 0 Å². The van der Waals surface area contributed by atoms with Gasteiger partial charge in [0.05, 0.1) is 24.0 Å². The van der Waals surface area contributed by atoms with E-state index >= 15 is 0 Å². The van der Waals surface area contributed by atoms with E-state index in [0.717, 1.165) is 37.3 Å². The first-order chi connectivity index (χ1) is 13.1. The standard InChI is InChI=1S/C20H23N5O2/c1-16(26)25-13-19(27)24(18-5-3-8-22-11-18)15-20(25)6-9-23(14-20)12-17-4-2-7-21-10-17/h2-5,7-8,10-11H,6,9,12-15H2,1H3/t20-/m0/s1. The van der Waals surface area contributed by atoms with Crippen LogP contribution in [0.3, 0.4) is 0 Å². The molecule has 7 nitrogen and oxygen atoms in total. The van der Waals surface area contributed by atoms with Gasteiger partial charge < -0.3 is 9.80 Å². The summed E-state index contributed by atoms with van der Waals surface area (Å²) in [4.78, 5) is 39.2. The summed E-state index contributed by atoms with van der Waals surface area (Å²) in [6.45, 7) is 4.59. The van der Waals surface area contributed by atoms with Crippen molar-refractivity contribution in [3.8, 4) is 0 Å². The molecule has 2 saturated heterocycles. The second-order valence-electron chi connectivity index (χ2n) is 7.34. The minimum absolute atomic E-state index is 0.0441. The van der Waals surface area contributed by atoms with Crippen molar-refractivity contribution >= 4 is 17.5 Å². The minimum atomic E-state index is -0.363. The van der Waals surface area contributed by atoms with E-state index in [2.05, 4.69) is 20.9 Å². The van der Waals surface area contributed by atoms with Crippen molar-refractivity contribution in [2.75, 3.05) is 31.1 Å². The Morgan fingerprint density at radius 2 is 1.93 bits per heavy atom. The molecular formula is C20H23N5O2. The number of pyridine rings is 2. The number of aromatic nitrogens is 2. The zero-order valence-corrected chi connectivity index (χ0v) is 15.4. The van der Waals surface area contributed by atoms with Crippen LogP contribution in [0.15, 0.2) is 49.1 Å². The predicted octanol–water partition coefficient (Wildman–Crippen LogP) is 1.32. The lowest BCUT2D eigenvalue weighted by atomic mass is 9.92. The van der Waals surface area contributed by atoms with Gasteiger partial charge in [0.2, 0.25) is 11.8 Å². The number of rotatable bonds is 3. The second-order valence-corrected chi connectivity index (χ2v) is 7.34. The van der Waals surface area contributed by atoms with E-state index in [9.17, 15) is 9.59 Å². The average Bonchev–Trinajstić information content (AvgIpc) is 3.07. The maximum atomic E-state index is 12.7. The topological polar surface area (TPSA) is 69.6 Å². The summed E-state index contributed by atoms with van der Waals surface area (Å²) in [5.41, 5.74) is 1.58. The Hall–Kier alpha value is -2.80. The molecule has 0 bridgehead atoms. The fourth-order valence-corrected chi connectivity index (χ4v) is 4.22. The first-order valence-corrected chi connectivity index (χ1v) is 9.17. The Bertz CT molecular complexity index is 829. The molecule has 0 N–H and O–H groups in total. The van der Waals surface area contributed by atoms with E-state index in [4.69, 9.17) is 0 Å². The molecule has 2 aliphatic heterocycles. The molecule has 2 fully saturated rings. The molecular weight excluding hydrogens is 342 g/mol. The maximum absolute atomic E-state index is 12.7. The largest absolute Gasteiger partial charge is 0.325 e. The molecule has 27 heavy (non-hydrogen) atoms. The summed E-state index contributed by atoms with van der Waals surface area (Å²) in [6.07, 6.45) is 7.89. The lowest BCUT2D eigenvalue weighted by Crippen LogP contribution is -2.66. The van der Waals surface area contributed by atoms with Crippen LogP contribution < -0.4 is 4.90 Å². The van der Waals surface area contributed by atoms with Gasteiger partial charge in [0.1, 0.15) is 6.54 Å². The van der Waals surface area contributed by atoms with Crippen molar-refractivity contribution in [1.29, 1.82) is 0 Å². The van der Waals surface area contributed by atoms with Gasteiger partial charge >= 0.3 is 0 Å². The summed E-state index contributed by atoms with van der Waals surface area (Å²) in [5.74, 6) is -0.105. The second kappa shape index (κ2) is 7.08. The van der Waals surface area contributed by atoms with Crippen LogP contribution in [0.4, 0.5) is 5.69 Å². The van der Waals surface area contributed by atoms with Crippen LogP contribution in [0, 0.1) is 0 Å². The number of nitrogens with zero attached hydrogens (tertiary/aromatic N) is 5. The van der Waals surface area contributed by atoms with Crippen LogP contribution in [0.2, 0.25) is 0 Å². The smallest absolute Gasteiger partial charge is 0.246 e. The van der Waals surface area contributed by atoms with Crippen molar-refractivity contribution in [3.63, 3.8) is 0 Å². The molecule has 0 aromatic carbocycles. The average molecular weight is 365 g/mol. The van der Waals surface area contributed by atoms with Gasteiger partial charge in [-0.05, 0) is 30.2 Å². The molecule has 2 aliphatic rings. The Morgan fingerprint density at radius 3 is 2.59 bits per heavy atom. The number of hydrogen-bond acceptors (Lipinski definition) is 5. The fourth-order valence-electron chi connectivity index (χ4n) is 4.22. The van der Waals surface area contributed by atoms with Crippen molar-refractivity contribution in [2.45, 2.75) is 25.4 Å². The third kappa shape index (κ3) is 3.42. The lowest BCUT2D eigenvalue weighted by Gasteiger charge is -2.48. The third-order valence-electron chi connectivity index (χ3n) is 5.50. The highest BCUT2D eigenvalue weighted by molar-refractivity contribution is 5.98. The van der Waals surface area contributed by atoms with Crippen LogP contribution in [0.1, 0.15) is 18.9 Å². The van der Waals surface area contributed by atoms with Crippen LogP contribution in [-0.2, 0) is 16.1 Å². The van der Waals surface area contributed by atoms with Crippen molar-refractivity contribution < 1.29 is 9.59 Å². The molecule has 140 valence electrons. The molecule has 2 amide bonds. The highest BCUT2D eigenvalue weighted by Gasteiger charge is 2.50. The van der Waals surface area contributed by atoms with Gasteiger partial charge in [-0.2, -0.15) is 0 Å². The van der Waals surface area contributed by atoms with Crippen LogP contribution in [-0.4, -0.2) is 63.3 Å². The van der Waals surface area contributed by atoms with Gasteiger partial charge in [0.25, 0.3) is 0 Å². The number of likely N-dealkylation sites (tertiary alicyclic amines) is 1. The van der Waals surface area contributed by atoms with Crippen LogP contribution in [0.5, 0.6) is 0 Å². The minimum Gasteiger partial charge on any atom is -0.325 e. The zero-order valence-electron chi connectivity index (χ0n) is 15.4. The first-order valence-electron chi connectivity index (χ1n) is 9.17. The highest BCUT2D eigenvalue weighted by atomic mass is 16.2. The van der Waals surface area contributed by atoms with Gasteiger partial charge in [0, 0.05) is 45.1 Å². The molecule has 0 saturated carbocycles. The number of piperazine rings is 1. The van der Waals surface area contributed by atoms with Crippen molar-refractivity contribution in [1.82, 2.24) is 19.8 Å². The number of anilines is 1. The van der Waals surface area contributed by atoms with E-state index in [1.54, 1.807) is 35.3 Å². The molecule has 0 unspecified atom stereocenters. The third-order valence-corrected chi connectivity index (χ3v) is 5.50. The van der Waals surface area contributed by atoms with E-state index in [1.165, 1.54) is 0 Å². The normalized spacial score (nSPS) is 23.2. The summed E-state index contributed by atoms with van der Waals surface area (Å²) in [5, 5.41) is 0. The molecule has 4 rings (SSSR count). The Balaban J connectivity index is 1.58. The summed E-state index contributed by atoms with van der Waals surface area (Å²) in [7, 11) is 0. The van der Waals surface area contributed by atoms with E-state index < -0.39 is 0 Å². The zero-order chi connectivity index (χ0) is 18.9. The van der Waals surface area contributed by atoms with Crippen molar-refractivity contribution in [2.24, 2.45) is 0 Å². The molecule has 1 spiro atoms. The Kier molecular flexibility index (Phi) is 4.61. The number of carbonyl (C=O) groups excluding carboxylic acids is 2. The number of hydrogen-bond donors (Lipinski definition) is 0. The molecule has 2 aromatic rings. The molecule has 7 heteroatoms. The Labute approximate surface area is 158 Å². The van der Waals surface area contributed by atoms with Gasteiger partial charge in [-0.1, -0.05) is 6.07 Å². The fraction of sp³-hybridized carbons (Fsp3) is 0.400. The maximum Gasteiger partial charge on any atom is 0.246 e. The number of carbonyl (C=O) groups is 2. The number of amides is 2. The molecule has 0 aliphatic carbocycles. The lowest BCUT2D eigenvalue weighted by molar-refractivity contribution is -0.142. The summed E-state index contributed by atoms with van der Waals surface area (Å²) < 4.78 is 0. The predicted molar refractivity (Wildman–Crippen MR) is 101 cm³/mol. The quantitative estimate of drug-likeness (QED) is 0.820. The van der Waals surface area contributed by atoms with Gasteiger partial charge in [-0.15, -0.1) is 0 Å². The van der Waals surface area contributed by atoms with Gasteiger partial charge in [-0.3, -0.25) is 24.5 Å². The molecule has 4 heterocycles. The summed E-state index contributed by atoms with van der Waals surface area (Å²) >= 11 is 0. The van der Waals surface area contributed by atoms with Crippen molar-refractivity contribution in [3.05, 3.63) is 54.6 Å². The molecule has 0 radical (unpaired) electrons. The molecule has 1 atom stereocenters. The summed E-state index contributed by atoms with van der Waals surface area (Å²) in [6, 6.07) is 7.72. The Morgan fingerprint density at radius 1 is 1.15 bits per heavy atom.